The first-order valence-corrected chi connectivity index (χ1v) is 6.17. The number of rotatable bonds is 6. The molecule has 2 rings (SSSR count). The van der Waals surface area contributed by atoms with Crippen molar-refractivity contribution in [3.05, 3.63) is 35.7 Å². The molecule has 0 bridgehead atoms. The van der Waals surface area contributed by atoms with Crippen molar-refractivity contribution < 1.29 is 4.39 Å². The Hall–Kier alpha value is -1.69. The number of aromatic nitrogens is 4. The number of nitrogens with zero attached hydrogens (tertiary/aromatic N) is 4. The standard InChI is InChI=1S/C12H18FN5/c1-3-17-6-5-11(16-17)9-14-7-10-8-15-18(4-2)12(10)13/h5-6,8,14H,3-4,7,9H2,1-2H3. The van der Waals surface area contributed by atoms with E-state index in [0.717, 1.165) is 12.2 Å². The molecule has 0 fully saturated rings. The highest BCUT2D eigenvalue weighted by Gasteiger charge is 2.08. The molecule has 0 aliphatic carbocycles. The molecule has 6 heteroatoms. The zero-order valence-electron chi connectivity index (χ0n) is 10.7. The van der Waals surface area contributed by atoms with Crippen LogP contribution in [0.25, 0.3) is 0 Å². The molecule has 0 aromatic carbocycles. The highest BCUT2D eigenvalue weighted by molar-refractivity contribution is 5.07. The summed E-state index contributed by atoms with van der Waals surface area (Å²) < 4.78 is 16.9. The first-order valence-electron chi connectivity index (χ1n) is 6.17. The topological polar surface area (TPSA) is 47.7 Å². The average Bonchev–Trinajstić information content (AvgIpc) is 2.97. The molecule has 0 amide bonds. The van der Waals surface area contributed by atoms with Crippen molar-refractivity contribution in [3.63, 3.8) is 0 Å². The van der Waals surface area contributed by atoms with Gasteiger partial charge in [0.1, 0.15) is 0 Å². The zero-order valence-corrected chi connectivity index (χ0v) is 10.7. The molecule has 0 unspecified atom stereocenters. The fourth-order valence-corrected chi connectivity index (χ4v) is 1.75. The van der Waals surface area contributed by atoms with Crippen LogP contribution in [0.2, 0.25) is 0 Å². The van der Waals surface area contributed by atoms with Gasteiger partial charge >= 0.3 is 0 Å². The van der Waals surface area contributed by atoms with Crippen LogP contribution in [0.1, 0.15) is 25.1 Å². The van der Waals surface area contributed by atoms with Gasteiger partial charge in [-0.05, 0) is 19.9 Å². The molecule has 0 aliphatic rings. The Morgan fingerprint density at radius 2 is 2.11 bits per heavy atom. The molecule has 1 N–H and O–H groups in total. The van der Waals surface area contributed by atoms with Gasteiger partial charge in [-0.25, -0.2) is 4.68 Å². The average molecular weight is 251 g/mol. The number of hydrogen-bond acceptors (Lipinski definition) is 3. The van der Waals surface area contributed by atoms with E-state index < -0.39 is 0 Å². The van der Waals surface area contributed by atoms with Gasteiger partial charge in [0.15, 0.2) is 0 Å². The van der Waals surface area contributed by atoms with Crippen LogP contribution in [0.4, 0.5) is 4.39 Å². The lowest BCUT2D eigenvalue weighted by Gasteiger charge is -2.01. The number of aryl methyl sites for hydroxylation is 2. The first kappa shape index (κ1) is 12.8. The van der Waals surface area contributed by atoms with Gasteiger partial charge in [0, 0.05) is 37.9 Å². The molecule has 2 heterocycles. The molecule has 0 radical (unpaired) electrons. The predicted octanol–water partition coefficient (Wildman–Crippen LogP) is 1.55. The van der Waals surface area contributed by atoms with E-state index in [1.807, 2.05) is 30.8 Å². The van der Waals surface area contributed by atoms with E-state index in [1.165, 1.54) is 4.68 Å². The predicted molar refractivity (Wildman–Crippen MR) is 66.3 cm³/mol. The highest BCUT2D eigenvalue weighted by atomic mass is 19.1. The fraction of sp³-hybridized carbons (Fsp3) is 0.500. The van der Waals surface area contributed by atoms with E-state index in [9.17, 15) is 4.39 Å². The number of hydrogen-bond donors (Lipinski definition) is 1. The molecule has 0 aliphatic heterocycles. The van der Waals surface area contributed by atoms with Crippen LogP contribution in [0, 0.1) is 5.95 Å². The van der Waals surface area contributed by atoms with Gasteiger partial charge in [0.05, 0.1) is 11.9 Å². The summed E-state index contributed by atoms with van der Waals surface area (Å²) in [6.45, 7) is 6.41. The monoisotopic (exact) mass is 251 g/mol. The second-order valence-electron chi connectivity index (χ2n) is 4.04. The summed E-state index contributed by atoms with van der Waals surface area (Å²) in [6.07, 6.45) is 3.50. The van der Waals surface area contributed by atoms with E-state index in [1.54, 1.807) is 6.20 Å². The Bertz CT molecular complexity index is 502. The molecule has 98 valence electrons. The Kier molecular flexibility index (Phi) is 4.09. The molecule has 0 saturated carbocycles. The van der Waals surface area contributed by atoms with Crippen molar-refractivity contribution in [2.45, 2.75) is 40.0 Å². The van der Waals surface area contributed by atoms with Crippen LogP contribution in [0.5, 0.6) is 0 Å². The van der Waals surface area contributed by atoms with Gasteiger partial charge in [-0.1, -0.05) is 0 Å². The maximum Gasteiger partial charge on any atom is 0.215 e. The van der Waals surface area contributed by atoms with Crippen LogP contribution in [-0.2, 0) is 26.2 Å². The summed E-state index contributed by atoms with van der Waals surface area (Å²) in [6, 6.07) is 1.96. The lowest BCUT2D eigenvalue weighted by atomic mass is 10.3. The minimum absolute atomic E-state index is 0.260. The summed E-state index contributed by atoms with van der Waals surface area (Å²) >= 11 is 0. The third-order valence-corrected chi connectivity index (χ3v) is 2.79. The van der Waals surface area contributed by atoms with Crippen LogP contribution >= 0.6 is 0 Å². The Balaban J connectivity index is 1.86. The molecular formula is C12H18FN5. The van der Waals surface area contributed by atoms with Crippen molar-refractivity contribution in [1.82, 2.24) is 24.9 Å². The van der Waals surface area contributed by atoms with Gasteiger partial charge in [0.2, 0.25) is 5.95 Å². The number of halogens is 1. The Morgan fingerprint density at radius 3 is 2.72 bits per heavy atom. The molecule has 2 aromatic rings. The minimum Gasteiger partial charge on any atom is -0.307 e. The maximum atomic E-state index is 13.7. The Labute approximate surface area is 106 Å². The van der Waals surface area contributed by atoms with E-state index in [2.05, 4.69) is 15.5 Å². The van der Waals surface area contributed by atoms with E-state index >= 15 is 0 Å². The third-order valence-electron chi connectivity index (χ3n) is 2.79. The molecule has 5 nitrogen and oxygen atoms in total. The largest absolute Gasteiger partial charge is 0.307 e. The molecular weight excluding hydrogens is 233 g/mol. The van der Waals surface area contributed by atoms with E-state index in [0.29, 0.717) is 25.2 Å². The molecule has 18 heavy (non-hydrogen) atoms. The van der Waals surface area contributed by atoms with Gasteiger partial charge in [-0.2, -0.15) is 14.6 Å². The quantitative estimate of drug-likeness (QED) is 0.847. The van der Waals surface area contributed by atoms with Crippen molar-refractivity contribution in [1.29, 1.82) is 0 Å². The van der Waals surface area contributed by atoms with Gasteiger partial charge in [-0.15, -0.1) is 0 Å². The summed E-state index contributed by atoms with van der Waals surface area (Å²) in [4.78, 5) is 0. The summed E-state index contributed by atoms with van der Waals surface area (Å²) in [5.41, 5.74) is 1.55. The van der Waals surface area contributed by atoms with Gasteiger partial charge in [-0.3, -0.25) is 4.68 Å². The van der Waals surface area contributed by atoms with Gasteiger partial charge < -0.3 is 5.32 Å². The fourth-order valence-electron chi connectivity index (χ4n) is 1.75. The smallest absolute Gasteiger partial charge is 0.215 e. The van der Waals surface area contributed by atoms with Crippen molar-refractivity contribution in [3.8, 4) is 0 Å². The normalized spacial score (nSPS) is 11.1. The first-order chi connectivity index (χ1) is 8.74. The van der Waals surface area contributed by atoms with E-state index in [4.69, 9.17) is 0 Å². The summed E-state index contributed by atoms with van der Waals surface area (Å²) in [5, 5.41) is 11.5. The Morgan fingerprint density at radius 1 is 1.28 bits per heavy atom. The highest BCUT2D eigenvalue weighted by Crippen LogP contribution is 2.06. The van der Waals surface area contributed by atoms with Crippen LogP contribution in [0.3, 0.4) is 0 Å². The SMILES string of the molecule is CCn1ccc(CNCc2cnn(CC)c2F)n1. The molecule has 0 spiro atoms. The summed E-state index contributed by atoms with van der Waals surface area (Å²) in [7, 11) is 0. The van der Waals surface area contributed by atoms with Crippen molar-refractivity contribution in [2.75, 3.05) is 0 Å². The molecule has 2 aromatic heterocycles. The second kappa shape index (κ2) is 5.77. The van der Waals surface area contributed by atoms with Crippen molar-refractivity contribution in [2.24, 2.45) is 0 Å². The maximum absolute atomic E-state index is 13.7. The second-order valence-corrected chi connectivity index (χ2v) is 4.04. The third kappa shape index (κ3) is 2.76. The van der Waals surface area contributed by atoms with Crippen LogP contribution < -0.4 is 5.32 Å². The van der Waals surface area contributed by atoms with Gasteiger partial charge in [0.25, 0.3) is 0 Å². The lowest BCUT2D eigenvalue weighted by Crippen LogP contribution is -2.14. The zero-order chi connectivity index (χ0) is 13.0. The van der Waals surface area contributed by atoms with Crippen LogP contribution in [-0.4, -0.2) is 19.6 Å². The summed E-state index contributed by atoms with van der Waals surface area (Å²) in [5.74, 6) is -0.260. The number of nitrogens with one attached hydrogen (secondary N) is 1. The van der Waals surface area contributed by atoms with E-state index in [-0.39, 0.29) is 5.95 Å². The van der Waals surface area contributed by atoms with Crippen LogP contribution in [0.15, 0.2) is 18.5 Å². The minimum atomic E-state index is -0.260. The molecule has 0 saturated heterocycles. The molecule has 0 atom stereocenters. The lowest BCUT2D eigenvalue weighted by molar-refractivity contribution is 0.460. The van der Waals surface area contributed by atoms with Crippen molar-refractivity contribution >= 4 is 0 Å².